The molecule has 2 N–H and O–H groups in total. The van der Waals surface area contributed by atoms with Gasteiger partial charge in [0.25, 0.3) is 0 Å². The molecular formula is C18H34N2O3. The van der Waals surface area contributed by atoms with Crippen LogP contribution in [0.5, 0.6) is 0 Å². The van der Waals surface area contributed by atoms with Crippen LogP contribution < -0.4 is 5.32 Å². The van der Waals surface area contributed by atoms with E-state index in [-0.39, 0.29) is 12.7 Å². The third-order valence-electron chi connectivity index (χ3n) is 4.96. The Morgan fingerprint density at radius 2 is 1.91 bits per heavy atom. The minimum absolute atomic E-state index is 0.139. The fraction of sp³-hybridized carbons (Fsp3) is 0.944. The summed E-state index contributed by atoms with van der Waals surface area (Å²) in [5.41, 5.74) is -0.422. The summed E-state index contributed by atoms with van der Waals surface area (Å²) in [6, 6.07) is 1.17. The molecule has 0 saturated carbocycles. The molecule has 2 aliphatic heterocycles. The highest BCUT2D eigenvalue weighted by Gasteiger charge is 2.44. The molecule has 0 aliphatic carbocycles. The van der Waals surface area contributed by atoms with Crippen LogP contribution in [0.25, 0.3) is 0 Å². The minimum Gasteiger partial charge on any atom is -0.444 e. The molecule has 2 heterocycles. The lowest BCUT2D eigenvalue weighted by molar-refractivity contribution is 0.00473. The Morgan fingerprint density at radius 1 is 1.30 bits per heavy atom. The van der Waals surface area contributed by atoms with Crippen LogP contribution >= 0.6 is 0 Å². The molecule has 134 valence electrons. The maximum Gasteiger partial charge on any atom is 0.410 e. The van der Waals surface area contributed by atoms with Crippen molar-refractivity contribution < 1.29 is 14.6 Å². The molecule has 5 heteroatoms. The van der Waals surface area contributed by atoms with E-state index in [0.717, 1.165) is 45.1 Å². The summed E-state index contributed by atoms with van der Waals surface area (Å²) in [4.78, 5) is 14.4. The van der Waals surface area contributed by atoms with Crippen molar-refractivity contribution in [2.24, 2.45) is 5.92 Å². The first-order valence-electron chi connectivity index (χ1n) is 9.15. The van der Waals surface area contributed by atoms with E-state index in [1.807, 2.05) is 25.7 Å². The largest absolute Gasteiger partial charge is 0.444 e. The van der Waals surface area contributed by atoms with E-state index >= 15 is 0 Å². The van der Waals surface area contributed by atoms with E-state index in [9.17, 15) is 4.79 Å². The van der Waals surface area contributed by atoms with Crippen LogP contribution in [-0.2, 0) is 4.74 Å². The summed E-state index contributed by atoms with van der Waals surface area (Å²) in [7, 11) is 0. The standard InChI is InChI=1S/C18H34N2O3/c1-13(12-21)6-5-9-19-14-10-15-7-8-16(11-14)20(15)17(22)23-18(2,3)4/h13-16,19,21H,5-12H2,1-4H3. The van der Waals surface area contributed by atoms with E-state index in [4.69, 9.17) is 9.84 Å². The second-order valence-electron chi connectivity index (χ2n) is 8.33. The van der Waals surface area contributed by atoms with Gasteiger partial charge in [-0.2, -0.15) is 0 Å². The average molecular weight is 326 g/mol. The van der Waals surface area contributed by atoms with E-state index < -0.39 is 5.60 Å². The number of aliphatic hydroxyl groups excluding tert-OH is 1. The number of ether oxygens (including phenoxy) is 1. The van der Waals surface area contributed by atoms with Gasteiger partial charge in [0.15, 0.2) is 0 Å². The molecule has 0 aromatic carbocycles. The van der Waals surface area contributed by atoms with E-state index in [0.29, 0.717) is 24.0 Å². The Bertz CT molecular complexity index is 380. The summed E-state index contributed by atoms with van der Waals surface area (Å²) < 4.78 is 5.57. The number of hydrogen-bond acceptors (Lipinski definition) is 4. The molecule has 23 heavy (non-hydrogen) atoms. The van der Waals surface area contributed by atoms with Crippen molar-refractivity contribution >= 4 is 6.09 Å². The molecular weight excluding hydrogens is 292 g/mol. The molecule has 0 aromatic rings. The molecule has 0 radical (unpaired) electrons. The van der Waals surface area contributed by atoms with Crippen molar-refractivity contribution in [3.05, 3.63) is 0 Å². The van der Waals surface area contributed by atoms with E-state index in [2.05, 4.69) is 12.2 Å². The first-order valence-corrected chi connectivity index (χ1v) is 9.15. The maximum atomic E-state index is 12.4. The highest BCUT2D eigenvalue weighted by Crippen LogP contribution is 2.36. The lowest BCUT2D eigenvalue weighted by Crippen LogP contribution is -2.52. The van der Waals surface area contributed by atoms with Gasteiger partial charge in [-0.05, 0) is 71.8 Å². The number of nitrogens with zero attached hydrogens (tertiary/aromatic N) is 1. The quantitative estimate of drug-likeness (QED) is 0.737. The summed E-state index contributed by atoms with van der Waals surface area (Å²) in [6.45, 7) is 9.14. The number of aliphatic hydroxyl groups is 1. The fourth-order valence-corrected chi connectivity index (χ4v) is 3.80. The Hall–Kier alpha value is -0.810. The van der Waals surface area contributed by atoms with Gasteiger partial charge in [-0.1, -0.05) is 6.92 Å². The minimum atomic E-state index is -0.422. The number of hydrogen-bond donors (Lipinski definition) is 2. The second-order valence-corrected chi connectivity index (χ2v) is 8.33. The molecule has 2 saturated heterocycles. The molecule has 3 atom stereocenters. The zero-order chi connectivity index (χ0) is 17.0. The second kappa shape index (κ2) is 7.84. The van der Waals surface area contributed by atoms with Crippen molar-refractivity contribution in [2.45, 2.75) is 89.9 Å². The van der Waals surface area contributed by atoms with Crippen LogP contribution in [0.4, 0.5) is 4.79 Å². The predicted octanol–water partition coefficient (Wildman–Crippen LogP) is 2.92. The van der Waals surface area contributed by atoms with Crippen molar-refractivity contribution in [1.82, 2.24) is 10.2 Å². The Labute approximate surface area is 140 Å². The Balaban J connectivity index is 1.77. The molecule has 1 amide bonds. The maximum absolute atomic E-state index is 12.4. The summed E-state index contributed by atoms with van der Waals surface area (Å²) in [5.74, 6) is 0.391. The third-order valence-corrected chi connectivity index (χ3v) is 4.96. The molecule has 0 aromatic heterocycles. The predicted molar refractivity (Wildman–Crippen MR) is 91.4 cm³/mol. The highest BCUT2D eigenvalue weighted by molar-refractivity contribution is 5.69. The van der Waals surface area contributed by atoms with Crippen LogP contribution in [0.2, 0.25) is 0 Å². The molecule has 2 fully saturated rings. The van der Waals surface area contributed by atoms with Crippen molar-refractivity contribution in [2.75, 3.05) is 13.2 Å². The molecule has 5 nitrogen and oxygen atoms in total. The van der Waals surface area contributed by atoms with E-state index in [1.54, 1.807) is 0 Å². The van der Waals surface area contributed by atoms with Gasteiger partial charge in [0.05, 0.1) is 0 Å². The normalized spacial score (nSPS) is 28.7. The Kier molecular flexibility index (Phi) is 6.32. The van der Waals surface area contributed by atoms with Crippen LogP contribution in [-0.4, -0.2) is 53.0 Å². The number of rotatable bonds is 6. The molecule has 2 bridgehead atoms. The van der Waals surface area contributed by atoms with Crippen molar-refractivity contribution in [3.8, 4) is 0 Å². The van der Waals surface area contributed by atoms with Gasteiger partial charge in [-0.15, -0.1) is 0 Å². The zero-order valence-electron chi connectivity index (χ0n) is 15.2. The first-order chi connectivity index (χ1) is 10.8. The number of carbonyl (C=O) groups is 1. The first kappa shape index (κ1) is 18.5. The van der Waals surface area contributed by atoms with Crippen molar-refractivity contribution in [3.63, 3.8) is 0 Å². The molecule has 0 spiro atoms. The number of piperidine rings is 1. The van der Waals surface area contributed by atoms with Crippen LogP contribution in [0, 0.1) is 5.92 Å². The van der Waals surface area contributed by atoms with Crippen molar-refractivity contribution in [1.29, 1.82) is 0 Å². The number of carbonyl (C=O) groups excluding carboxylic acids is 1. The highest BCUT2D eigenvalue weighted by atomic mass is 16.6. The summed E-state index contributed by atoms with van der Waals surface area (Å²) >= 11 is 0. The van der Waals surface area contributed by atoms with Gasteiger partial charge in [-0.3, -0.25) is 0 Å². The lowest BCUT2D eigenvalue weighted by atomic mass is 9.97. The van der Waals surface area contributed by atoms with Gasteiger partial charge in [0.2, 0.25) is 0 Å². The van der Waals surface area contributed by atoms with Gasteiger partial charge < -0.3 is 20.1 Å². The lowest BCUT2D eigenvalue weighted by Gasteiger charge is -2.39. The molecule has 3 unspecified atom stereocenters. The Morgan fingerprint density at radius 3 is 2.43 bits per heavy atom. The smallest absolute Gasteiger partial charge is 0.410 e. The van der Waals surface area contributed by atoms with Gasteiger partial charge in [-0.25, -0.2) is 4.79 Å². The average Bonchev–Trinajstić information content (AvgIpc) is 2.73. The van der Waals surface area contributed by atoms with Crippen LogP contribution in [0.3, 0.4) is 0 Å². The SMILES string of the molecule is CC(CO)CCCNC1CC2CCC(C1)N2C(=O)OC(C)(C)C. The molecule has 2 rings (SSSR count). The summed E-state index contributed by atoms with van der Waals surface area (Å²) in [5, 5.41) is 12.7. The van der Waals surface area contributed by atoms with Gasteiger partial charge >= 0.3 is 6.09 Å². The third kappa shape index (κ3) is 5.35. The van der Waals surface area contributed by atoms with Crippen LogP contribution in [0.1, 0.15) is 66.2 Å². The van der Waals surface area contributed by atoms with Gasteiger partial charge in [0.1, 0.15) is 5.60 Å². The molecule has 2 aliphatic rings. The topological polar surface area (TPSA) is 61.8 Å². The zero-order valence-corrected chi connectivity index (χ0v) is 15.2. The fourth-order valence-electron chi connectivity index (χ4n) is 3.80. The van der Waals surface area contributed by atoms with E-state index in [1.165, 1.54) is 0 Å². The van der Waals surface area contributed by atoms with Crippen LogP contribution in [0.15, 0.2) is 0 Å². The monoisotopic (exact) mass is 326 g/mol. The van der Waals surface area contributed by atoms with Gasteiger partial charge in [0, 0.05) is 24.7 Å². The summed E-state index contributed by atoms with van der Waals surface area (Å²) in [6.07, 6.45) is 6.29. The number of amides is 1. The number of fused-ring (bicyclic) bond motifs is 2. The number of nitrogens with one attached hydrogen (secondary N) is 1.